The molecule has 4 atom stereocenters. The van der Waals surface area contributed by atoms with Crippen molar-refractivity contribution in [3.63, 3.8) is 0 Å². The molecule has 106 valence electrons. The van der Waals surface area contributed by atoms with Crippen LogP contribution in [0.4, 0.5) is 0 Å². The SMILES string of the molecule is CCCC1CCCN(C2CC(C)CCC2N)CC1. The van der Waals surface area contributed by atoms with Gasteiger partial charge in [0.1, 0.15) is 0 Å². The molecule has 1 aliphatic heterocycles. The molecule has 1 saturated heterocycles. The summed E-state index contributed by atoms with van der Waals surface area (Å²) in [6, 6.07) is 1.11. The Bertz CT molecular complexity index is 241. The standard InChI is InChI=1S/C16H32N2/c1-3-5-14-6-4-10-18(11-9-14)16-12-13(2)7-8-15(16)17/h13-16H,3-12,17H2,1-2H3. The summed E-state index contributed by atoms with van der Waals surface area (Å²) in [5.41, 5.74) is 6.37. The lowest BCUT2D eigenvalue weighted by Gasteiger charge is -2.40. The van der Waals surface area contributed by atoms with E-state index in [2.05, 4.69) is 18.7 Å². The van der Waals surface area contributed by atoms with Gasteiger partial charge in [0.25, 0.3) is 0 Å². The Balaban J connectivity index is 1.88. The Kier molecular flexibility index (Phi) is 5.50. The monoisotopic (exact) mass is 252 g/mol. The predicted molar refractivity (Wildman–Crippen MR) is 78.6 cm³/mol. The molecule has 2 fully saturated rings. The topological polar surface area (TPSA) is 29.3 Å². The Morgan fingerprint density at radius 1 is 1.11 bits per heavy atom. The molecule has 1 aliphatic carbocycles. The third-order valence-electron chi connectivity index (χ3n) is 5.18. The normalized spacial score (nSPS) is 39.5. The molecule has 2 rings (SSSR count). The molecule has 2 aliphatic rings. The highest BCUT2D eigenvalue weighted by molar-refractivity contribution is 4.89. The summed E-state index contributed by atoms with van der Waals surface area (Å²) >= 11 is 0. The Morgan fingerprint density at radius 3 is 2.72 bits per heavy atom. The van der Waals surface area contributed by atoms with Gasteiger partial charge in [-0.15, -0.1) is 0 Å². The first-order valence-corrected chi connectivity index (χ1v) is 8.20. The molecule has 2 heteroatoms. The number of nitrogens with two attached hydrogens (primary N) is 1. The average Bonchev–Trinajstić information content (AvgIpc) is 2.58. The zero-order chi connectivity index (χ0) is 13.0. The quantitative estimate of drug-likeness (QED) is 0.834. The lowest BCUT2D eigenvalue weighted by atomic mass is 9.83. The fraction of sp³-hybridized carbons (Fsp3) is 1.00. The van der Waals surface area contributed by atoms with Crippen LogP contribution in [0, 0.1) is 11.8 Å². The maximum Gasteiger partial charge on any atom is 0.0249 e. The molecule has 0 spiro atoms. The van der Waals surface area contributed by atoms with E-state index in [1.165, 1.54) is 64.5 Å². The first kappa shape index (κ1) is 14.3. The van der Waals surface area contributed by atoms with Crippen molar-refractivity contribution in [3.05, 3.63) is 0 Å². The van der Waals surface area contributed by atoms with Gasteiger partial charge in [0, 0.05) is 12.1 Å². The minimum Gasteiger partial charge on any atom is -0.326 e. The highest BCUT2D eigenvalue weighted by atomic mass is 15.2. The lowest BCUT2D eigenvalue weighted by molar-refractivity contribution is 0.118. The summed E-state index contributed by atoms with van der Waals surface area (Å²) < 4.78 is 0. The molecule has 0 aromatic rings. The molecule has 2 N–H and O–H groups in total. The third kappa shape index (κ3) is 3.71. The van der Waals surface area contributed by atoms with Crippen molar-refractivity contribution in [2.45, 2.75) is 77.3 Å². The number of nitrogens with zero attached hydrogens (tertiary/aromatic N) is 1. The van der Waals surface area contributed by atoms with Gasteiger partial charge in [0.15, 0.2) is 0 Å². The number of likely N-dealkylation sites (tertiary alicyclic amines) is 1. The molecule has 0 radical (unpaired) electrons. The van der Waals surface area contributed by atoms with Crippen molar-refractivity contribution < 1.29 is 0 Å². The first-order chi connectivity index (χ1) is 8.70. The zero-order valence-electron chi connectivity index (χ0n) is 12.4. The molecule has 1 heterocycles. The van der Waals surface area contributed by atoms with Gasteiger partial charge >= 0.3 is 0 Å². The largest absolute Gasteiger partial charge is 0.326 e. The number of rotatable bonds is 3. The molecule has 1 saturated carbocycles. The van der Waals surface area contributed by atoms with E-state index in [4.69, 9.17) is 5.73 Å². The van der Waals surface area contributed by atoms with Gasteiger partial charge in [-0.3, -0.25) is 4.90 Å². The van der Waals surface area contributed by atoms with E-state index in [0.29, 0.717) is 12.1 Å². The Morgan fingerprint density at radius 2 is 1.94 bits per heavy atom. The van der Waals surface area contributed by atoms with Gasteiger partial charge in [-0.2, -0.15) is 0 Å². The second-order valence-corrected chi connectivity index (χ2v) is 6.77. The van der Waals surface area contributed by atoms with Crippen molar-refractivity contribution in [1.29, 1.82) is 0 Å². The van der Waals surface area contributed by atoms with Crippen LogP contribution < -0.4 is 5.73 Å². The maximum absolute atomic E-state index is 6.37. The van der Waals surface area contributed by atoms with E-state index in [9.17, 15) is 0 Å². The average molecular weight is 252 g/mol. The molecule has 0 bridgehead atoms. The molecule has 18 heavy (non-hydrogen) atoms. The minimum absolute atomic E-state index is 0.434. The maximum atomic E-state index is 6.37. The van der Waals surface area contributed by atoms with Crippen LogP contribution in [-0.4, -0.2) is 30.1 Å². The van der Waals surface area contributed by atoms with Crippen LogP contribution >= 0.6 is 0 Å². The van der Waals surface area contributed by atoms with Gasteiger partial charge in [0.2, 0.25) is 0 Å². The van der Waals surface area contributed by atoms with Crippen LogP contribution in [0.3, 0.4) is 0 Å². The third-order valence-corrected chi connectivity index (χ3v) is 5.18. The highest BCUT2D eigenvalue weighted by Gasteiger charge is 2.31. The predicted octanol–water partition coefficient (Wildman–Crippen LogP) is 3.40. The van der Waals surface area contributed by atoms with Gasteiger partial charge in [-0.1, -0.05) is 26.7 Å². The molecule has 0 aromatic carbocycles. The van der Waals surface area contributed by atoms with Crippen molar-refractivity contribution in [3.8, 4) is 0 Å². The van der Waals surface area contributed by atoms with Gasteiger partial charge < -0.3 is 5.73 Å². The van der Waals surface area contributed by atoms with Crippen molar-refractivity contribution in [2.75, 3.05) is 13.1 Å². The summed E-state index contributed by atoms with van der Waals surface area (Å²) in [4.78, 5) is 2.73. The van der Waals surface area contributed by atoms with Crippen molar-refractivity contribution in [1.82, 2.24) is 4.90 Å². The highest BCUT2D eigenvalue weighted by Crippen LogP contribution is 2.30. The fourth-order valence-corrected chi connectivity index (χ4v) is 4.01. The Hall–Kier alpha value is -0.0800. The van der Waals surface area contributed by atoms with E-state index in [0.717, 1.165) is 11.8 Å². The lowest BCUT2D eigenvalue weighted by Crippen LogP contribution is -2.51. The molecular formula is C16H32N2. The summed E-state index contributed by atoms with van der Waals surface area (Å²) in [5, 5.41) is 0. The van der Waals surface area contributed by atoms with Crippen molar-refractivity contribution >= 4 is 0 Å². The van der Waals surface area contributed by atoms with E-state index in [-0.39, 0.29) is 0 Å². The molecule has 4 unspecified atom stereocenters. The minimum atomic E-state index is 0.434. The van der Waals surface area contributed by atoms with Crippen LogP contribution in [0.15, 0.2) is 0 Å². The fourth-order valence-electron chi connectivity index (χ4n) is 4.01. The molecule has 0 amide bonds. The van der Waals surface area contributed by atoms with Gasteiger partial charge in [-0.25, -0.2) is 0 Å². The zero-order valence-corrected chi connectivity index (χ0v) is 12.4. The van der Waals surface area contributed by atoms with Gasteiger partial charge in [-0.05, 0) is 63.5 Å². The molecular weight excluding hydrogens is 220 g/mol. The van der Waals surface area contributed by atoms with E-state index < -0.39 is 0 Å². The van der Waals surface area contributed by atoms with Gasteiger partial charge in [0.05, 0.1) is 0 Å². The molecule has 0 aromatic heterocycles. The first-order valence-electron chi connectivity index (χ1n) is 8.20. The second-order valence-electron chi connectivity index (χ2n) is 6.77. The van der Waals surface area contributed by atoms with Crippen molar-refractivity contribution in [2.24, 2.45) is 17.6 Å². The second kappa shape index (κ2) is 6.91. The number of hydrogen-bond donors (Lipinski definition) is 1. The van der Waals surface area contributed by atoms with Crippen LogP contribution in [-0.2, 0) is 0 Å². The molecule has 2 nitrogen and oxygen atoms in total. The van der Waals surface area contributed by atoms with Crippen LogP contribution in [0.25, 0.3) is 0 Å². The summed E-state index contributed by atoms with van der Waals surface area (Å²) in [6.07, 6.45) is 10.9. The summed E-state index contributed by atoms with van der Waals surface area (Å²) in [7, 11) is 0. The van der Waals surface area contributed by atoms with Crippen LogP contribution in [0.2, 0.25) is 0 Å². The van der Waals surface area contributed by atoms with E-state index in [1.807, 2.05) is 0 Å². The number of hydrogen-bond acceptors (Lipinski definition) is 2. The van der Waals surface area contributed by atoms with Crippen LogP contribution in [0.1, 0.15) is 65.2 Å². The smallest absolute Gasteiger partial charge is 0.0249 e. The van der Waals surface area contributed by atoms with E-state index in [1.54, 1.807) is 0 Å². The summed E-state index contributed by atoms with van der Waals surface area (Å²) in [6.45, 7) is 7.32. The van der Waals surface area contributed by atoms with Crippen LogP contribution in [0.5, 0.6) is 0 Å². The van der Waals surface area contributed by atoms with E-state index >= 15 is 0 Å². The summed E-state index contributed by atoms with van der Waals surface area (Å²) in [5.74, 6) is 1.86. The Labute approximate surface area is 113 Å².